The maximum Gasteiger partial charge on any atom is 0.269 e. The molecule has 0 fully saturated rings. The molecule has 4 aromatic rings. The van der Waals surface area contributed by atoms with E-state index < -0.39 is 5.91 Å². The van der Waals surface area contributed by atoms with E-state index in [-0.39, 0.29) is 11.6 Å². The molecule has 34 heavy (non-hydrogen) atoms. The highest BCUT2D eigenvalue weighted by molar-refractivity contribution is 6.31. The Hall–Kier alpha value is -4.17. The summed E-state index contributed by atoms with van der Waals surface area (Å²) < 4.78 is 3.25. The van der Waals surface area contributed by atoms with Gasteiger partial charge >= 0.3 is 0 Å². The Morgan fingerprint density at radius 3 is 2.38 bits per heavy atom. The minimum atomic E-state index is -0.592. The molecule has 2 amide bonds. The average molecular weight is 475 g/mol. The molecule has 9 heteroatoms. The fourth-order valence-corrected chi connectivity index (χ4v) is 3.66. The molecule has 0 radical (unpaired) electrons. The van der Waals surface area contributed by atoms with Crippen LogP contribution >= 0.6 is 11.6 Å². The Bertz CT molecular complexity index is 1370. The number of hydrogen-bond acceptors (Lipinski definition) is 4. The maximum absolute atomic E-state index is 12.4. The summed E-state index contributed by atoms with van der Waals surface area (Å²) >= 11 is 6.53. The van der Waals surface area contributed by atoms with E-state index in [4.69, 9.17) is 17.3 Å². The Labute approximate surface area is 201 Å². The van der Waals surface area contributed by atoms with Crippen LogP contribution in [0.3, 0.4) is 0 Å². The molecule has 2 aromatic carbocycles. The Kier molecular flexibility index (Phi) is 6.60. The van der Waals surface area contributed by atoms with Crippen LogP contribution in [0.2, 0.25) is 5.15 Å². The molecule has 8 nitrogen and oxygen atoms in total. The lowest BCUT2D eigenvalue weighted by molar-refractivity contribution is -0.111. The van der Waals surface area contributed by atoms with Crippen molar-refractivity contribution in [2.45, 2.75) is 20.4 Å². The first kappa shape index (κ1) is 23.0. The zero-order valence-electron chi connectivity index (χ0n) is 18.7. The number of carbonyl (C=O) groups is 2. The largest absolute Gasteiger partial charge is 0.364 e. The van der Waals surface area contributed by atoms with E-state index in [9.17, 15) is 9.59 Å². The van der Waals surface area contributed by atoms with Gasteiger partial charge in [0, 0.05) is 23.5 Å². The Morgan fingerprint density at radius 2 is 1.74 bits per heavy atom. The summed E-state index contributed by atoms with van der Waals surface area (Å²) in [6.45, 7) is 4.44. The zero-order valence-corrected chi connectivity index (χ0v) is 19.5. The molecule has 0 bridgehead atoms. The predicted molar refractivity (Wildman–Crippen MR) is 132 cm³/mol. The first-order valence-corrected chi connectivity index (χ1v) is 10.9. The highest BCUT2D eigenvalue weighted by atomic mass is 35.5. The molecule has 2 aromatic heterocycles. The van der Waals surface area contributed by atoms with Crippen LogP contribution in [0.15, 0.2) is 66.9 Å². The SMILES string of the molecule is Cc1ccc(Cn2nc(C)c(/C=C/C(=O)Nc3ccc(-n4ccc(C(N)=O)n4)cc3)c2Cl)cc1. The third-order valence-corrected chi connectivity index (χ3v) is 5.60. The lowest BCUT2D eigenvalue weighted by Gasteiger charge is -2.05. The van der Waals surface area contributed by atoms with E-state index in [0.717, 1.165) is 16.9 Å². The molecule has 2 heterocycles. The molecule has 0 unspecified atom stereocenters. The second-order valence-corrected chi connectivity index (χ2v) is 8.17. The van der Waals surface area contributed by atoms with Crippen LogP contribution in [-0.4, -0.2) is 31.4 Å². The van der Waals surface area contributed by atoms with Gasteiger partial charge in [-0.25, -0.2) is 9.36 Å². The first-order chi connectivity index (χ1) is 16.3. The van der Waals surface area contributed by atoms with E-state index in [1.54, 1.807) is 47.3 Å². The number of nitrogens with two attached hydrogens (primary N) is 1. The van der Waals surface area contributed by atoms with Crippen LogP contribution in [0.4, 0.5) is 5.69 Å². The van der Waals surface area contributed by atoms with Gasteiger partial charge in [-0.05, 0) is 55.8 Å². The van der Waals surface area contributed by atoms with E-state index in [1.165, 1.54) is 16.3 Å². The monoisotopic (exact) mass is 474 g/mol. The summed E-state index contributed by atoms with van der Waals surface area (Å²) in [5.74, 6) is -0.893. The van der Waals surface area contributed by atoms with Crippen LogP contribution in [0, 0.1) is 13.8 Å². The molecule has 0 aliphatic carbocycles. The standard InChI is InChI=1S/C25H23ClN6O2/c1-16-3-5-18(6-4-16)15-32-24(26)21(17(2)29-32)11-12-23(33)28-19-7-9-20(10-8-19)31-14-13-22(30-31)25(27)34/h3-14H,15H2,1-2H3,(H2,27,34)(H,28,33)/b12-11+. The van der Waals surface area contributed by atoms with Crippen molar-refractivity contribution in [2.75, 3.05) is 5.32 Å². The fraction of sp³-hybridized carbons (Fsp3) is 0.120. The molecular formula is C25H23ClN6O2. The van der Waals surface area contributed by atoms with Crippen LogP contribution in [0.1, 0.15) is 32.9 Å². The van der Waals surface area contributed by atoms with Gasteiger partial charge in [-0.3, -0.25) is 9.59 Å². The van der Waals surface area contributed by atoms with Gasteiger partial charge < -0.3 is 11.1 Å². The number of primary amides is 1. The number of nitrogens with zero attached hydrogens (tertiary/aromatic N) is 4. The van der Waals surface area contributed by atoms with E-state index in [0.29, 0.717) is 22.9 Å². The number of hydrogen-bond donors (Lipinski definition) is 2. The van der Waals surface area contributed by atoms with Gasteiger partial charge in [-0.15, -0.1) is 0 Å². The number of aryl methyl sites for hydroxylation is 2. The lowest BCUT2D eigenvalue weighted by atomic mass is 10.1. The average Bonchev–Trinajstić information content (AvgIpc) is 3.40. The number of anilines is 1. The maximum atomic E-state index is 12.4. The highest BCUT2D eigenvalue weighted by Gasteiger charge is 2.12. The van der Waals surface area contributed by atoms with E-state index in [2.05, 4.69) is 15.5 Å². The summed E-state index contributed by atoms with van der Waals surface area (Å²) in [5, 5.41) is 11.9. The summed E-state index contributed by atoms with van der Waals surface area (Å²) in [6.07, 6.45) is 4.73. The molecule has 0 atom stereocenters. The van der Waals surface area contributed by atoms with Crippen molar-refractivity contribution >= 4 is 35.2 Å². The summed E-state index contributed by atoms with van der Waals surface area (Å²) in [7, 11) is 0. The third kappa shape index (κ3) is 5.24. The third-order valence-electron chi connectivity index (χ3n) is 5.20. The van der Waals surface area contributed by atoms with E-state index >= 15 is 0 Å². The molecule has 0 spiro atoms. The Morgan fingerprint density at radius 1 is 1.03 bits per heavy atom. The molecule has 0 aliphatic heterocycles. The minimum absolute atomic E-state index is 0.179. The number of amides is 2. The van der Waals surface area contributed by atoms with Gasteiger partial charge in [0.1, 0.15) is 10.8 Å². The van der Waals surface area contributed by atoms with Crippen molar-refractivity contribution in [1.82, 2.24) is 19.6 Å². The number of aromatic nitrogens is 4. The van der Waals surface area contributed by atoms with Crippen LogP contribution in [-0.2, 0) is 11.3 Å². The number of rotatable bonds is 7. The van der Waals surface area contributed by atoms with Crippen molar-refractivity contribution in [1.29, 1.82) is 0 Å². The number of halogens is 1. The van der Waals surface area contributed by atoms with Gasteiger partial charge in [-0.2, -0.15) is 10.2 Å². The van der Waals surface area contributed by atoms with Crippen LogP contribution in [0.25, 0.3) is 11.8 Å². The lowest BCUT2D eigenvalue weighted by Crippen LogP contribution is -2.12. The topological polar surface area (TPSA) is 108 Å². The fourth-order valence-electron chi connectivity index (χ4n) is 3.37. The van der Waals surface area contributed by atoms with Crippen LogP contribution in [0.5, 0.6) is 0 Å². The molecular weight excluding hydrogens is 452 g/mol. The predicted octanol–water partition coefficient (Wildman–Crippen LogP) is 4.14. The molecule has 0 saturated carbocycles. The Balaban J connectivity index is 1.41. The quantitative estimate of drug-likeness (QED) is 0.392. The van der Waals surface area contributed by atoms with Gasteiger partial charge in [0.25, 0.3) is 5.91 Å². The van der Waals surface area contributed by atoms with Crippen molar-refractivity contribution in [3.8, 4) is 5.69 Å². The first-order valence-electron chi connectivity index (χ1n) is 10.5. The molecule has 0 aliphatic rings. The second-order valence-electron chi connectivity index (χ2n) is 7.81. The van der Waals surface area contributed by atoms with Gasteiger partial charge in [-0.1, -0.05) is 41.4 Å². The smallest absolute Gasteiger partial charge is 0.269 e. The van der Waals surface area contributed by atoms with Crippen LogP contribution < -0.4 is 11.1 Å². The van der Waals surface area contributed by atoms with Crippen molar-refractivity contribution < 1.29 is 9.59 Å². The van der Waals surface area contributed by atoms with E-state index in [1.807, 2.05) is 38.1 Å². The number of carbonyl (C=O) groups excluding carboxylic acids is 2. The normalized spacial score (nSPS) is 11.1. The molecule has 4 rings (SSSR count). The van der Waals surface area contributed by atoms with Gasteiger partial charge in [0.15, 0.2) is 0 Å². The van der Waals surface area contributed by atoms with Crippen molar-refractivity contribution in [3.05, 3.63) is 100 Å². The second kappa shape index (κ2) is 9.76. The zero-order chi connectivity index (χ0) is 24.2. The van der Waals surface area contributed by atoms with Crippen molar-refractivity contribution in [2.24, 2.45) is 5.73 Å². The summed E-state index contributed by atoms with van der Waals surface area (Å²) in [6, 6.07) is 16.7. The highest BCUT2D eigenvalue weighted by Crippen LogP contribution is 2.22. The summed E-state index contributed by atoms with van der Waals surface area (Å²) in [4.78, 5) is 23.6. The van der Waals surface area contributed by atoms with Crippen molar-refractivity contribution in [3.63, 3.8) is 0 Å². The summed E-state index contributed by atoms with van der Waals surface area (Å²) in [5.41, 5.74) is 10.5. The molecule has 172 valence electrons. The molecule has 3 N–H and O–H groups in total. The minimum Gasteiger partial charge on any atom is -0.364 e. The van der Waals surface area contributed by atoms with Gasteiger partial charge in [0.2, 0.25) is 5.91 Å². The number of nitrogens with one attached hydrogen (secondary N) is 1. The number of benzene rings is 2. The molecule has 0 saturated heterocycles. The van der Waals surface area contributed by atoms with Gasteiger partial charge in [0.05, 0.1) is 17.9 Å².